The number of terminal acetylenes is 1. The highest BCUT2D eigenvalue weighted by atomic mass is 32.1. The van der Waals surface area contributed by atoms with Gasteiger partial charge in [-0.25, -0.2) is 0 Å². The van der Waals surface area contributed by atoms with Gasteiger partial charge in [-0.1, -0.05) is 263 Å². The van der Waals surface area contributed by atoms with Gasteiger partial charge in [0.15, 0.2) is 11.6 Å². The van der Waals surface area contributed by atoms with E-state index in [4.69, 9.17) is 6.42 Å². The normalized spacial score (nSPS) is 14.6. The third-order valence-corrected chi connectivity index (χ3v) is 28.7. The number of nitrogens with zero attached hydrogens (tertiary/aromatic N) is 3. The second-order valence-electron chi connectivity index (χ2n) is 28.9. The third kappa shape index (κ3) is 18.4. The lowest BCUT2D eigenvalue weighted by Gasteiger charge is -2.13. The molecule has 6 heterocycles. The molecule has 104 heavy (non-hydrogen) atoms. The second-order valence-corrected chi connectivity index (χ2v) is 35.6. The monoisotopic (exact) mass is 1490 g/mol. The van der Waals surface area contributed by atoms with Gasteiger partial charge >= 0.3 is 0 Å². The van der Waals surface area contributed by atoms with Crippen molar-refractivity contribution in [2.75, 3.05) is 0 Å². The number of carbonyl (C=O) groups excluding carboxylic acids is 2. The van der Waals surface area contributed by atoms with E-state index >= 15 is 0 Å². The number of thiophene rings is 6. The van der Waals surface area contributed by atoms with Crippen molar-refractivity contribution in [3.05, 3.63) is 172 Å². The summed E-state index contributed by atoms with van der Waals surface area (Å²) in [5, 5.41) is 33.8. The number of rotatable bonds is 40. The highest BCUT2D eigenvalue weighted by Crippen LogP contribution is 2.57. The molecule has 0 N–H and O–H groups in total. The quantitative estimate of drug-likeness (QED) is 0.0165. The molecule has 0 aliphatic heterocycles. The van der Waals surface area contributed by atoms with Crippen LogP contribution in [0.1, 0.15) is 284 Å². The summed E-state index contributed by atoms with van der Waals surface area (Å²) in [5.74, 6) is 3.61. The molecule has 3 aromatic carbocycles. The van der Waals surface area contributed by atoms with Gasteiger partial charge in [0.1, 0.15) is 29.4 Å². The number of Topliss-reactive ketones (excluding diaryl/α,β-unsaturated/α-hetero) is 2. The summed E-state index contributed by atoms with van der Waals surface area (Å²) in [6.45, 7) is 13.9. The van der Waals surface area contributed by atoms with Gasteiger partial charge in [0, 0.05) is 113 Å². The van der Waals surface area contributed by atoms with Crippen molar-refractivity contribution in [1.82, 2.24) is 0 Å². The van der Waals surface area contributed by atoms with Crippen LogP contribution in [0.2, 0.25) is 0 Å². The third-order valence-electron chi connectivity index (χ3n) is 21.5. The van der Waals surface area contributed by atoms with E-state index in [1.807, 2.05) is 106 Å². The number of ketones is 2. The molecule has 0 saturated carbocycles. The summed E-state index contributed by atoms with van der Waals surface area (Å²) in [6, 6.07) is 40.9. The van der Waals surface area contributed by atoms with Gasteiger partial charge in [-0.3, -0.25) is 9.59 Å². The van der Waals surface area contributed by atoms with Crippen LogP contribution >= 0.6 is 68.0 Å². The van der Waals surface area contributed by atoms with Crippen LogP contribution in [0.3, 0.4) is 0 Å². The molecule has 5 nitrogen and oxygen atoms in total. The average Bonchev–Trinajstić information content (AvgIpc) is 1.55. The number of allylic oxidation sites excluding steroid dienone is 6. The van der Waals surface area contributed by atoms with E-state index in [0.717, 1.165) is 74.0 Å². The molecule has 2 aliphatic carbocycles. The van der Waals surface area contributed by atoms with Gasteiger partial charge < -0.3 is 0 Å². The largest absolute Gasteiger partial charge is 0.289 e. The van der Waals surface area contributed by atoms with Gasteiger partial charge in [0.25, 0.3) is 0 Å². The van der Waals surface area contributed by atoms with Gasteiger partial charge in [-0.15, -0.1) is 74.4 Å². The van der Waals surface area contributed by atoms with Crippen LogP contribution < -0.4 is 0 Å². The Kier molecular flexibility index (Phi) is 29.0. The molecule has 0 amide bonds. The fourth-order valence-electron chi connectivity index (χ4n) is 15.6. The minimum Gasteiger partial charge on any atom is -0.289 e. The van der Waals surface area contributed by atoms with Crippen molar-refractivity contribution in [2.24, 2.45) is 11.8 Å². The Morgan fingerprint density at radius 2 is 0.779 bits per heavy atom. The molecule has 0 saturated heterocycles. The summed E-state index contributed by atoms with van der Waals surface area (Å²) >= 11 is 11.3. The van der Waals surface area contributed by atoms with E-state index < -0.39 is 0 Å². The van der Waals surface area contributed by atoms with Gasteiger partial charge in [-0.05, 0) is 133 Å². The standard InChI is InChI=1S/C93H103N3O2S6/c1-8-15-19-21-23-25-27-29-31-33-41-65-53-70(55-76-84(64(14-7)59-94)72-43-35-37-45-74(72)88(76)97)101-90(65)82-57-78-86(80-49-47-68(99-80)51-62(12-5)39-17-10-3)93-79(87(92(78)103-82)81-50-48-69(100-81)52-63(13-6)40-18-11-4)58-83(104-93)91-66(42-34-32-30-28-26-24-22-20-16-9-2)54-71(102-91)56-77-85(67(60-95)61-96)73-44-36-38-46-75(73)89(77)98/h7,35-38,43-50,53-58,62-63H,8-13,15-34,39-42,51-52H2,1-6H3/b76-55-,77-56-,84-64-. The zero-order chi connectivity index (χ0) is 72.9. The summed E-state index contributed by atoms with van der Waals surface area (Å²) in [6.07, 6.45) is 48.7. The average molecular weight is 1490 g/mol. The molecule has 0 fully saturated rings. The Hall–Kier alpha value is -7.29. The number of aryl methyl sites for hydroxylation is 2. The molecular weight excluding hydrogens is 1380 g/mol. The molecule has 2 unspecified atom stereocenters. The molecular formula is C93H103N3O2S6. The maximum Gasteiger partial charge on any atom is 0.194 e. The van der Waals surface area contributed by atoms with Gasteiger partial charge in [-0.2, -0.15) is 15.8 Å². The zero-order valence-electron chi connectivity index (χ0n) is 62.4. The summed E-state index contributed by atoms with van der Waals surface area (Å²) in [7, 11) is 0. The van der Waals surface area contributed by atoms with E-state index in [9.17, 15) is 25.4 Å². The molecule has 2 atom stereocenters. The number of hydrogen-bond donors (Lipinski definition) is 0. The van der Waals surface area contributed by atoms with Crippen LogP contribution in [0, 0.1) is 58.2 Å². The molecule has 0 radical (unpaired) electrons. The molecule has 11 heteroatoms. The predicted octanol–water partition coefficient (Wildman–Crippen LogP) is 29.7. The number of unbranched alkanes of at least 4 members (excludes halogenated alkanes) is 20. The number of hydrogen-bond acceptors (Lipinski definition) is 11. The highest BCUT2D eigenvalue weighted by molar-refractivity contribution is 7.29. The lowest BCUT2D eigenvalue weighted by molar-refractivity contribution is 0.103. The minimum absolute atomic E-state index is 0.0493. The second kappa shape index (κ2) is 38.8. The van der Waals surface area contributed by atoms with Crippen molar-refractivity contribution in [3.63, 3.8) is 0 Å². The van der Waals surface area contributed by atoms with E-state index in [2.05, 4.69) is 114 Å². The van der Waals surface area contributed by atoms with Crippen LogP contribution in [-0.2, 0) is 25.7 Å². The van der Waals surface area contributed by atoms with E-state index in [0.29, 0.717) is 56.4 Å². The molecule has 2 aliphatic rings. The number of carbonyl (C=O) groups is 2. The lowest BCUT2D eigenvalue weighted by Crippen LogP contribution is -2.01. The molecule has 0 bridgehead atoms. The van der Waals surface area contributed by atoms with Gasteiger partial charge in [0.2, 0.25) is 0 Å². The number of benzene rings is 3. The lowest BCUT2D eigenvalue weighted by atomic mass is 9.95. The molecule has 538 valence electrons. The Labute approximate surface area is 645 Å². The Bertz CT molecular complexity index is 4410. The highest BCUT2D eigenvalue weighted by Gasteiger charge is 2.35. The van der Waals surface area contributed by atoms with Crippen molar-refractivity contribution in [1.29, 1.82) is 15.8 Å². The predicted molar refractivity (Wildman–Crippen MR) is 453 cm³/mol. The minimum atomic E-state index is -0.158. The molecule has 0 spiro atoms. The SMILES string of the molecule is C#C/C(C#N)=C1/C(=C/c2cc(CCCCCCCCCCCC)c(-c3cc4c(-c5ccc(CC(CC)CCCC)s5)c5sc(-c6sc(/C=C7\C(=O)c8ccccc8C7=C(C#N)C#N)cc6CCCCCCCCCCCC)cc5c(-c5ccc(CC(CC)CCCC)s5)c4s3)s2)C(=O)c2ccccc21. The van der Waals surface area contributed by atoms with E-state index in [-0.39, 0.29) is 22.7 Å². The first-order valence-corrected chi connectivity index (χ1v) is 44.3. The van der Waals surface area contributed by atoms with Crippen molar-refractivity contribution in [3.8, 4) is 70.9 Å². The maximum absolute atomic E-state index is 14.6. The molecule has 9 aromatic rings. The maximum atomic E-state index is 14.6. The van der Waals surface area contributed by atoms with E-state index in [1.54, 1.807) is 22.7 Å². The Morgan fingerprint density at radius 3 is 1.14 bits per heavy atom. The molecule has 6 aromatic heterocycles. The first-order valence-electron chi connectivity index (χ1n) is 39.4. The summed E-state index contributed by atoms with van der Waals surface area (Å²) in [4.78, 5) is 41.4. The summed E-state index contributed by atoms with van der Waals surface area (Å²) < 4.78 is 2.56. The zero-order valence-corrected chi connectivity index (χ0v) is 67.3. The fourth-order valence-corrected chi connectivity index (χ4v) is 23.2. The Morgan fingerprint density at radius 1 is 0.413 bits per heavy atom. The number of fused-ring (bicyclic) bond motifs is 4. The smallest absolute Gasteiger partial charge is 0.194 e. The van der Waals surface area contributed by atoms with Crippen LogP contribution in [0.4, 0.5) is 0 Å². The van der Waals surface area contributed by atoms with Crippen molar-refractivity contribution < 1.29 is 9.59 Å². The van der Waals surface area contributed by atoms with Crippen LogP contribution in [-0.4, -0.2) is 11.6 Å². The first kappa shape index (κ1) is 77.8. The van der Waals surface area contributed by atoms with Crippen LogP contribution in [0.5, 0.6) is 0 Å². The van der Waals surface area contributed by atoms with Crippen LogP contribution in [0.15, 0.2) is 119 Å². The first-order chi connectivity index (χ1) is 51.0. The van der Waals surface area contributed by atoms with Crippen LogP contribution in [0.25, 0.3) is 83.9 Å². The Balaban J connectivity index is 1.11. The topological polar surface area (TPSA) is 106 Å². The van der Waals surface area contributed by atoms with Crippen molar-refractivity contribution >= 4 is 123 Å². The molecule has 11 rings (SSSR count). The fraction of sp³-hybridized carbons (Fsp3) is 0.430. The van der Waals surface area contributed by atoms with Gasteiger partial charge in [0.05, 0.1) is 0 Å². The van der Waals surface area contributed by atoms with Crippen molar-refractivity contribution in [2.45, 2.75) is 247 Å². The number of nitriles is 3. The van der Waals surface area contributed by atoms with E-state index in [1.165, 1.54) is 223 Å². The summed E-state index contributed by atoms with van der Waals surface area (Å²) in [5.41, 5.74) is 9.55.